The minimum Gasteiger partial charge on any atom is -0.506 e. The van der Waals surface area contributed by atoms with Gasteiger partial charge in [-0.3, -0.25) is 9.78 Å². The lowest BCUT2D eigenvalue weighted by Gasteiger charge is -2.11. The molecule has 0 saturated carbocycles. The summed E-state index contributed by atoms with van der Waals surface area (Å²) >= 11 is 0. The van der Waals surface area contributed by atoms with Gasteiger partial charge in [-0.25, -0.2) is 0 Å². The molecule has 0 fully saturated rings. The van der Waals surface area contributed by atoms with E-state index in [0.29, 0.717) is 25.4 Å². The molecule has 2 aromatic rings. The zero-order valence-corrected chi connectivity index (χ0v) is 12.2. The monoisotopic (exact) mass is 289 g/mol. The minimum atomic E-state index is -0.0749. The van der Waals surface area contributed by atoms with Crippen molar-refractivity contribution in [2.45, 2.75) is 20.0 Å². The molecule has 0 aromatic carbocycles. The molecule has 0 amide bonds. The number of aryl methyl sites for hydroxylation is 1. The molecule has 2 N–H and O–H groups in total. The topological polar surface area (TPSA) is 76.4 Å². The Morgan fingerprint density at radius 2 is 2.14 bits per heavy atom. The summed E-state index contributed by atoms with van der Waals surface area (Å²) in [6, 6.07) is 6.59. The summed E-state index contributed by atoms with van der Waals surface area (Å²) in [6.45, 7) is 3.23. The molecular weight excluding hydrogens is 270 g/mol. The first-order chi connectivity index (χ1) is 10.1. The van der Waals surface area contributed by atoms with E-state index in [1.54, 1.807) is 36.1 Å². The van der Waals surface area contributed by atoms with Crippen molar-refractivity contribution < 1.29 is 9.84 Å². The largest absolute Gasteiger partial charge is 0.506 e. The molecule has 0 radical (unpaired) electrons. The van der Waals surface area contributed by atoms with Gasteiger partial charge in [0.15, 0.2) is 0 Å². The van der Waals surface area contributed by atoms with Crippen LogP contribution in [0.3, 0.4) is 0 Å². The molecule has 0 saturated heterocycles. The molecule has 0 atom stereocenters. The Bertz CT molecular complexity index is 667. The van der Waals surface area contributed by atoms with E-state index in [1.807, 2.05) is 6.92 Å². The number of methoxy groups -OCH3 is 1. The van der Waals surface area contributed by atoms with E-state index in [-0.39, 0.29) is 11.3 Å². The maximum atomic E-state index is 11.7. The van der Waals surface area contributed by atoms with Gasteiger partial charge in [-0.05, 0) is 25.1 Å². The van der Waals surface area contributed by atoms with Gasteiger partial charge in [0.05, 0.1) is 18.8 Å². The standard InChI is InChI=1S/C15H19N3O3/c1-11-3-5-14(19)13(17-11)9-16-12-4-6-15(20)18(10-12)7-8-21-2/h3-6,10,16,19H,7-9H2,1-2H3. The lowest BCUT2D eigenvalue weighted by Crippen LogP contribution is -2.21. The Labute approximate surface area is 123 Å². The van der Waals surface area contributed by atoms with Crippen molar-refractivity contribution in [1.29, 1.82) is 0 Å². The number of hydrogen-bond donors (Lipinski definition) is 2. The maximum Gasteiger partial charge on any atom is 0.250 e. The van der Waals surface area contributed by atoms with Crippen LogP contribution in [-0.4, -0.2) is 28.4 Å². The van der Waals surface area contributed by atoms with Crippen LogP contribution in [0.1, 0.15) is 11.4 Å². The molecular formula is C15H19N3O3. The Morgan fingerprint density at radius 3 is 2.90 bits per heavy atom. The van der Waals surface area contributed by atoms with Gasteiger partial charge in [0.25, 0.3) is 5.56 Å². The van der Waals surface area contributed by atoms with E-state index < -0.39 is 0 Å². The van der Waals surface area contributed by atoms with E-state index in [0.717, 1.165) is 11.4 Å². The van der Waals surface area contributed by atoms with Crippen LogP contribution in [0.15, 0.2) is 35.3 Å². The predicted molar refractivity (Wildman–Crippen MR) is 80.5 cm³/mol. The Hall–Kier alpha value is -2.34. The van der Waals surface area contributed by atoms with Gasteiger partial charge < -0.3 is 19.7 Å². The molecule has 0 aliphatic heterocycles. The summed E-state index contributed by atoms with van der Waals surface area (Å²) in [4.78, 5) is 16.0. The van der Waals surface area contributed by atoms with Crippen molar-refractivity contribution >= 4 is 5.69 Å². The highest BCUT2D eigenvalue weighted by Gasteiger charge is 2.04. The third-order valence-electron chi connectivity index (χ3n) is 3.07. The molecule has 2 rings (SSSR count). The van der Waals surface area contributed by atoms with Gasteiger partial charge >= 0.3 is 0 Å². The lowest BCUT2D eigenvalue weighted by molar-refractivity contribution is 0.186. The van der Waals surface area contributed by atoms with Gasteiger partial charge in [-0.2, -0.15) is 0 Å². The Balaban J connectivity index is 2.09. The van der Waals surface area contributed by atoms with E-state index in [4.69, 9.17) is 4.74 Å². The zero-order valence-electron chi connectivity index (χ0n) is 12.2. The number of aromatic nitrogens is 2. The summed E-state index contributed by atoms with van der Waals surface area (Å²) < 4.78 is 6.55. The van der Waals surface area contributed by atoms with E-state index in [2.05, 4.69) is 10.3 Å². The molecule has 0 spiro atoms. The van der Waals surface area contributed by atoms with E-state index in [9.17, 15) is 9.90 Å². The average Bonchev–Trinajstić information content (AvgIpc) is 2.48. The molecule has 0 unspecified atom stereocenters. The van der Waals surface area contributed by atoms with Crippen LogP contribution in [0.5, 0.6) is 5.75 Å². The summed E-state index contributed by atoms with van der Waals surface area (Å²) in [5.74, 6) is 0.154. The third kappa shape index (κ3) is 4.06. The van der Waals surface area contributed by atoms with Crippen LogP contribution in [0, 0.1) is 6.92 Å². The highest BCUT2D eigenvalue weighted by atomic mass is 16.5. The third-order valence-corrected chi connectivity index (χ3v) is 3.07. The van der Waals surface area contributed by atoms with Crippen molar-refractivity contribution in [3.05, 3.63) is 52.2 Å². The highest BCUT2D eigenvalue weighted by Crippen LogP contribution is 2.16. The van der Waals surface area contributed by atoms with Crippen LogP contribution in [0.2, 0.25) is 0 Å². The number of rotatable bonds is 6. The summed E-state index contributed by atoms with van der Waals surface area (Å²) in [7, 11) is 1.60. The zero-order chi connectivity index (χ0) is 15.2. The fourth-order valence-corrected chi connectivity index (χ4v) is 1.92. The SMILES string of the molecule is COCCn1cc(NCc2nc(C)ccc2O)ccc1=O. The highest BCUT2D eigenvalue weighted by molar-refractivity contribution is 5.42. The number of aromatic hydroxyl groups is 1. The lowest BCUT2D eigenvalue weighted by atomic mass is 10.2. The van der Waals surface area contributed by atoms with Crippen molar-refractivity contribution in [1.82, 2.24) is 9.55 Å². The van der Waals surface area contributed by atoms with Crippen LogP contribution in [-0.2, 0) is 17.8 Å². The molecule has 0 bridgehead atoms. The van der Waals surface area contributed by atoms with Gasteiger partial charge in [-0.1, -0.05) is 0 Å². The first kappa shape index (κ1) is 15.1. The summed E-state index contributed by atoms with van der Waals surface area (Å²) in [5, 5.41) is 12.9. The van der Waals surface area contributed by atoms with Crippen molar-refractivity contribution in [3.63, 3.8) is 0 Å². The summed E-state index contributed by atoms with van der Waals surface area (Å²) in [5.41, 5.74) is 2.13. The molecule has 2 heterocycles. The Kier molecular flexibility index (Phi) is 4.94. The Morgan fingerprint density at radius 1 is 1.33 bits per heavy atom. The molecule has 2 aromatic heterocycles. The number of ether oxygens (including phenoxy) is 1. The van der Waals surface area contributed by atoms with Crippen LogP contribution < -0.4 is 10.9 Å². The number of hydrogen-bond acceptors (Lipinski definition) is 5. The van der Waals surface area contributed by atoms with E-state index >= 15 is 0 Å². The van der Waals surface area contributed by atoms with Crippen LogP contribution >= 0.6 is 0 Å². The van der Waals surface area contributed by atoms with Gasteiger partial charge in [-0.15, -0.1) is 0 Å². The van der Waals surface area contributed by atoms with Gasteiger partial charge in [0.1, 0.15) is 11.4 Å². The second kappa shape index (κ2) is 6.90. The number of nitrogens with one attached hydrogen (secondary N) is 1. The molecule has 6 nitrogen and oxygen atoms in total. The smallest absolute Gasteiger partial charge is 0.250 e. The first-order valence-electron chi connectivity index (χ1n) is 6.69. The second-order valence-electron chi connectivity index (χ2n) is 4.71. The van der Waals surface area contributed by atoms with Gasteiger partial charge in [0.2, 0.25) is 0 Å². The fraction of sp³-hybridized carbons (Fsp3) is 0.333. The summed E-state index contributed by atoms with van der Waals surface area (Å²) in [6.07, 6.45) is 1.73. The van der Waals surface area contributed by atoms with Crippen LogP contribution in [0.25, 0.3) is 0 Å². The normalized spacial score (nSPS) is 10.6. The minimum absolute atomic E-state index is 0.0749. The van der Waals surface area contributed by atoms with Crippen molar-refractivity contribution in [2.24, 2.45) is 0 Å². The number of pyridine rings is 2. The van der Waals surface area contributed by atoms with Gasteiger partial charge in [0, 0.05) is 31.6 Å². The van der Waals surface area contributed by atoms with Crippen LogP contribution in [0.4, 0.5) is 5.69 Å². The molecule has 0 aliphatic rings. The van der Waals surface area contributed by atoms with Crippen molar-refractivity contribution in [2.75, 3.05) is 19.0 Å². The van der Waals surface area contributed by atoms with E-state index in [1.165, 1.54) is 6.07 Å². The fourth-order valence-electron chi connectivity index (χ4n) is 1.92. The first-order valence-corrected chi connectivity index (χ1v) is 6.69. The molecule has 0 aliphatic carbocycles. The molecule has 6 heteroatoms. The molecule has 21 heavy (non-hydrogen) atoms. The second-order valence-corrected chi connectivity index (χ2v) is 4.71. The predicted octanol–water partition coefficient (Wildman–Crippen LogP) is 1.52. The molecule has 112 valence electrons. The van der Waals surface area contributed by atoms with Crippen molar-refractivity contribution in [3.8, 4) is 5.75 Å². The average molecular weight is 289 g/mol. The number of nitrogens with zero attached hydrogens (tertiary/aromatic N) is 2. The quantitative estimate of drug-likeness (QED) is 0.843. The maximum absolute atomic E-state index is 11.7. The number of anilines is 1.